The quantitative estimate of drug-likeness (QED) is 0.359. The Morgan fingerprint density at radius 1 is 1.39 bits per heavy atom. The highest BCUT2D eigenvalue weighted by molar-refractivity contribution is 8.01. The van der Waals surface area contributed by atoms with Gasteiger partial charge in [-0.05, 0) is 44.4 Å². The SMILES string of the molecule is CCC(=O)N(c1nnc(SCC(=O)Nc2c(C#N)c(C)c(C)n2Cc2ccco2)s1)C1CC1. The number of hydrogen-bond donors (Lipinski definition) is 1. The average molecular weight is 485 g/mol. The number of hydrogen-bond acceptors (Lipinski definition) is 8. The molecule has 9 nitrogen and oxygen atoms in total. The van der Waals surface area contributed by atoms with Crippen LogP contribution >= 0.6 is 23.1 Å². The number of nitrogens with one attached hydrogen (secondary N) is 1. The van der Waals surface area contributed by atoms with Gasteiger partial charge in [-0.1, -0.05) is 30.0 Å². The van der Waals surface area contributed by atoms with Crippen LogP contribution in [-0.2, 0) is 16.1 Å². The van der Waals surface area contributed by atoms with E-state index in [0.717, 1.165) is 29.9 Å². The van der Waals surface area contributed by atoms with E-state index in [1.54, 1.807) is 17.2 Å². The number of carbonyl (C=O) groups excluding carboxylic acids is 2. The summed E-state index contributed by atoms with van der Waals surface area (Å²) in [5.74, 6) is 1.08. The van der Waals surface area contributed by atoms with E-state index < -0.39 is 0 Å². The lowest BCUT2D eigenvalue weighted by Crippen LogP contribution is -2.32. The van der Waals surface area contributed by atoms with Gasteiger partial charge in [-0.15, -0.1) is 10.2 Å². The van der Waals surface area contributed by atoms with Gasteiger partial charge in [0, 0.05) is 18.2 Å². The largest absolute Gasteiger partial charge is 0.467 e. The molecule has 3 aromatic rings. The number of thioether (sulfide) groups is 1. The van der Waals surface area contributed by atoms with Gasteiger partial charge >= 0.3 is 0 Å². The first-order valence-corrected chi connectivity index (χ1v) is 12.4. The molecule has 0 unspecified atom stereocenters. The maximum absolute atomic E-state index is 12.8. The van der Waals surface area contributed by atoms with Crippen LogP contribution in [0.2, 0.25) is 0 Å². The molecule has 0 spiro atoms. The second-order valence-electron chi connectivity index (χ2n) is 7.75. The molecule has 3 aromatic heterocycles. The van der Waals surface area contributed by atoms with E-state index in [2.05, 4.69) is 21.6 Å². The third-order valence-electron chi connectivity index (χ3n) is 5.50. The van der Waals surface area contributed by atoms with Crippen LogP contribution in [0.15, 0.2) is 27.2 Å². The lowest BCUT2D eigenvalue weighted by molar-refractivity contribution is -0.118. The van der Waals surface area contributed by atoms with Gasteiger partial charge in [-0.3, -0.25) is 14.5 Å². The van der Waals surface area contributed by atoms with Crippen molar-refractivity contribution in [1.82, 2.24) is 14.8 Å². The fourth-order valence-electron chi connectivity index (χ4n) is 3.51. The van der Waals surface area contributed by atoms with Crippen molar-refractivity contribution in [2.75, 3.05) is 16.0 Å². The highest BCUT2D eigenvalue weighted by atomic mass is 32.2. The molecule has 0 aliphatic heterocycles. The molecule has 1 aliphatic rings. The first-order valence-electron chi connectivity index (χ1n) is 10.6. The average Bonchev–Trinajstić information content (AvgIpc) is 3.21. The van der Waals surface area contributed by atoms with E-state index in [0.29, 0.717) is 33.8 Å². The zero-order chi connectivity index (χ0) is 23.5. The van der Waals surface area contributed by atoms with Gasteiger partial charge in [0.15, 0.2) is 4.34 Å². The lowest BCUT2D eigenvalue weighted by atomic mass is 10.2. The molecule has 1 aliphatic carbocycles. The van der Waals surface area contributed by atoms with Crippen LogP contribution < -0.4 is 10.2 Å². The highest BCUT2D eigenvalue weighted by Gasteiger charge is 2.35. The van der Waals surface area contributed by atoms with Crippen molar-refractivity contribution in [3.63, 3.8) is 0 Å². The van der Waals surface area contributed by atoms with Crippen LogP contribution in [0, 0.1) is 25.2 Å². The minimum atomic E-state index is -0.255. The summed E-state index contributed by atoms with van der Waals surface area (Å²) in [6.07, 6.45) is 3.97. The van der Waals surface area contributed by atoms with Gasteiger partial charge in [0.05, 0.1) is 24.1 Å². The zero-order valence-corrected chi connectivity index (χ0v) is 20.3. The fraction of sp³-hybridized carbons (Fsp3) is 0.409. The first-order chi connectivity index (χ1) is 15.9. The summed E-state index contributed by atoms with van der Waals surface area (Å²) in [7, 11) is 0. The molecule has 1 saturated carbocycles. The zero-order valence-electron chi connectivity index (χ0n) is 18.6. The Morgan fingerprint density at radius 3 is 2.82 bits per heavy atom. The van der Waals surface area contributed by atoms with Gasteiger partial charge in [0.2, 0.25) is 16.9 Å². The molecule has 33 heavy (non-hydrogen) atoms. The summed E-state index contributed by atoms with van der Waals surface area (Å²) in [5.41, 5.74) is 2.15. The number of furan rings is 1. The maximum Gasteiger partial charge on any atom is 0.235 e. The Balaban J connectivity index is 1.45. The summed E-state index contributed by atoms with van der Waals surface area (Å²) >= 11 is 2.57. The number of amides is 2. The molecule has 0 bridgehead atoms. The minimum Gasteiger partial charge on any atom is -0.467 e. The van der Waals surface area contributed by atoms with Crippen molar-refractivity contribution >= 4 is 45.9 Å². The monoisotopic (exact) mass is 484 g/mol. The molecule has 2 amide bonds. The molecule has 1 fully saturated rings. The van der Waals surface area contributed by atoms with Crippen molar-refractivity contribution in [3.8, 4) is 6.07 Å². The first kappa shape index (κ1) is 23.1. The Labute approximate surface area is 199 Å². The highest BCUT2D eigenvalue weighted by Crippen LogP contribution is 2.36. The Morgan fingerprint density at radius 2 is 2.18 bits per heavy atom. The van der Waals surface area contributed by atoms with Gasteiger partial charge in [0.1, 0.15) is 17.6 Å². The van der Waals surface area contributed by atoms with Gasteiger partial charge in [0.25, 0.3) is 0 Å². The lowest BCUT2D eigenvalue weighted by Gasteiger charge is -2.17. The molecule has 172 valence electrons. The summed E-state index contributed by atoms with van der Waals surface area (Å²) in [4.78, 5) is 26.8. The van der Waals surface area contributed by atoms with E-state index in [-0.39, 0.29) is 23.6 Å². The van der Waals surface area contributed by atoms with Gasteiger partial charge in [-0.2, -0.15) is 5.26 Å². The molecule has 0 saturated heterocycles. The van der Waals surface area contributed by atoms with Crippen LogP contribution in [0.4, 0.5) is 10.9 Å². The molecule has 0 atom stereocenters. The predicted octanol–water partition coefficient (Wildman–Crippen LogP) is 4.11. The molecule has 0 radical (unpaired) electrons. The molecule has 3 heterocycles. The number of carbonyl (C=O) groups is 2. The van der Waals surface area contributed by atoms with Crippen molar-refractivity contribution in [3.05, 3.63) is 41.0 Å². The molecular formula is C22H24N6O3S2. The third-order valence-corrected chi connectivity index (χ3v) is 7.56. The van der Waals surface area contributed by atoms with E-state index in [4.69, 9.17) is 4.42 Å². The number of anilines is 2. The predicted molar refractivity (Wildman–Crippen MR) is 126 cm³/mol. The van der Waals surface area contributed by atoms with Gasteiger partial charge < -0.3 is 14.3 Å². The maximum atomic E-state index is 12.8. The topological polar surface area (TPSA) is 117 Å². The molecule has 0 aromatic carbocycles. The number of nitriles is 1. The summed E-state index contributed by atoms with van der Waals surface area (Å²) < 4.78 is 7.94. The second kappa shape index (κ2) is 9.80. The minimum absolute atomic E-state index is 0.0371. The third kappa shape index (κ3) is 4.96. The van der Waals surface area contributed by atoms with Crippen LogP contribution in [0.1, 0.15) is 48.8 Å². The standard InChI is InChI=1S/C22H24N6O3S2/c1-4-19(30)28(15-7-8-15)21-25-26-22(33-21)32-12-18(29)24-20-17(10-23)13(2)14(3)27(20)11-16-6-5-9-31-16/h5-6,9,15H,4,7-8,11-12H2,1-3H3,(H,24,29). The smallest absolute Gasteiger partial charge is 0.235 e. The fourth-order valence-corrected chi connectivity index (χ4v) is 5.24. The molecular weight excluding hydrogens is 460 g/mol. The van der Waals surface area contributed by atoms with Gasteiger partial charge in [-0.25, -0.2) is 0 Å². The normalized spacial score (nSPS) is 13.0. The summed E-state index contributed by atoms with van der Waals surface area (Å²) in [6, 6.07) is 6.07. The number of aromatic nitrogens is 3. The van der Waals surface area contributed by atoms with E-state index in [1.807, 2.05) is 31.4 Å². The van der Waals surface area contributed by atoms with Crippen molar-refractivity contribution in [1.29, 1.82) is 5.26 Å². The molecule has 1 N–H and O–H groups in total. The van der Waals surface area contributed by atoms with Crippen LogP contribution in [-0.4, -0.2) is 38.4 Å². The summed E-state index contributed by atoms with van der Waals surface area (Å²) in [5, 5.41) is 21.5. The van der Waals surface area contributed by atoms with Crippen LogP contribution in [0.5, 0.6) is 0 Å². The molecule has 11 heteroatoms. The van der Waals surface area contributed by atoms with E-state index >= 15 is 0 Å². The van der Waals surface area contributed by atoms with E-state index in [9.17, 15) is 14.9 Å². The van der Waals surface area contributed by atoms with Crippen LogP contribution in [0.25, 0.3) is 0 Å². The number of nitrogens with zero attached hydrogens (tertiary/aromatic N) is 5. The Hall–Kier alpha value is -3.10. The molecule has 4 rings (SSSR count). The Kier molecular flexibility index (Phi) is 6.85. The van der Waals surface area contributed by atoms with Crippen molar-refractivity contribution in [2.24, 2.45) is 0 Å². The second-order valence-corrected chi connectivity index (χ2v) is 9.93. The number of rotatable bonds is 9. The Bertz CT molecular complexity index is 1200. The van der Waals surface area contributed by atoms with Crippen molar-refractivity contribution < 1.29 is 14.0 Å². The van der Waals surface area contributed by atoms with Crippen LogP contribution in [0.3, 0.4) is 0 Å². The van der Waals surface area contributed by atoms with Crippen molar-refractivity contribution in [2.45, 2.75) is 57.0 Å². The van der Waals surface area contributed by atoms with E-state index in [1.165, 1.54) is 23.1 Å². The summed E-state index contributed by atoms with van der Waals surface area (Å²) in [6.45, 7) is 6.02.